The van der Waals surface area contributed by atoms with Crippen LogP contribution in [0.3, 0.4) is 0 Å². The molecule has 128 valence electrons. The average Bonchev–Trinajstić information content (AvgIpc) is 2.90. The Morgan fingerprint density at radius 3 is 2.61 bits per heavy atom. The summed E-state index contributed by atoms with van der Waals surface area (Å²) in [6, 6.07) is 2.03. The maximum Gasteiger partial charge on any atom is 0.416 e. The summed E-state index contributed by atoms with van der Waals surface area (Å²) in [5.74, 6) is 0.286. The van der Waals surface area contributed by atoms with Gasteiger partial charge in [0.25, 0.3) is 0 Å². The van der Waals surface area contributed by atoms with Gasteiger partial charge in [-0.3, -0.25) is 0 Å². The molecule has 0 radical (unpaired) electrons. The van der Waals surface area contributed by atoms with Gasteiger partial charge < -0.3 is 14.9 Å². The average molecular weight is 329 g/mol. The molecule has 0 bridgehead atoms. The van der Waals surface area contributed by atoms with E-state index in [9.17, 15) is 18.3 Å². The highest BCUT2D eigenvalue weighted by Crippen LogP contribution is 2.33. The minimum atomic E-state index is -4.37. The predicted octanol–water partition coefficient (Wildman–Crippen LogP) is 2.53. The Bertz CT molecular complexity index is 546. The van der Waals surface area contributed by atoms with Crippen molar-refractivity contribution in [2.75, 3.05) is 37.6 Å². The van der Waals surface area contributed by atoms with Gasteiger partial charge in [0.15, 0.2) is 0 Å². The minimum Gasteiger partial charge on any atom is -0.387 e. The Balaban J connectivity index is 1.67. The number of aliphatic hydroxyl groups is 1. The second-order valence-corrected chi connectivity index (χ2v) is 6.63. The van der Waals surface area contributed by atoms with Crippen LogP contribution in [0.5, 0.6) is 0 Å². The Morgan fingerprint density at radius 2 is 1.91 bits per heavy atom. The molecule has 0 aliphatic carbocycles. The Morgan fingerprint density at radius 1 is 1.17 bits per heavy atom. The van der Waals surface area contributed by atoms with Crippen LogP contribution < -0.4 is 4.90 Å². The van der Waals surface area contributed by atoms with Gasteiger partial charge in [-0.1, -0.05) is 6.42 Å². The van der Waals surface area contributed by atoms with Crippen LogP contribution in [0.4, 0.5) is 19.0 Å². The number of aromatic nitrogens is 1. The molecule has 0 amide bonds. The van der Waals surface area contributed by atoms with Crippen LogP contribution >= 0.6 is 0 Å². The van der Waals surface area contributed by atoms with Crippen LogP contribution in [-0.4, -0.2) is 53.3 Å². The molecule has 0 unspecified atom stereocenters. The van der Waals surface area contributed by atoms with Crippen molar-refractivity contribution < 1.29 is 18.3 Å². The van der Waals surface area contributed by atoms with E-state index in [4.69, 9.17) is 0 Å². The number of rotatable bonds is 3. The smallest absolute Gasteiger partial charge is 0.387 e. The van der Waals surface area contributed by atoms with E-state index in [-0.39, 0.29) is 5.82 Å². The first-order valence-electron chi connectivity index (χ1n) is 8.09. The van der Waals surface area contributed by atoms with Crippen LogP contribution in [0.2, 0.25) is 0 Å². The summed E-state index contributed by atoms with van der Waals surface area (Å²) >= 11 is 0. The van der Waals surface area contributed by atoms with E-state index in [0.29, 0.717) is 26.1 Å². The summed E-state index contributed by atoms with van der Waals surface area (Å²) in [6.07, 6.45) is 0.891. The summed E-state index contributed by atoms with van der Waals surface area (Å²) in [5, 5.41) is 10.8. The molecule has 0 saturated carbocycles. The number of nitrogens with zero attached hydrogens (tertiary/aromatic N) is 3. The number of alkyl halides is 3. The van der Waals surface area contributed by atoms with Crippen molar-refractivity contribution in [3.8, 4) is 0 Å². The number of likely N-dealkylation sites (tertiary alicyclic amines) is 1. The van der Waals surface area contributed by atoms with E-state index < -0.39 is 17.3 Å². The largest absolute Gasteiger partial charge is 0.416 e. The first kappa shape index (κ1) is 16.5. The van der Waals surface area contributed by atoms with Crippen molar-refractivity contribution in [2.45, 2.75) is 37.5 Å². The molecule has 2 aliphatic heterocycles. The molecule has 7 heteroatoms. The van der Waals surface area contributed by atoms with Gasteiger partial charge in [-0.2, -0.15) is 13.2 Å². The SMILES string of the molecule is O[C@]1(CN2CCCCC2)CCN(c2cc(C(F)(F)F)ccn2)C1. The number of hydrogen-bond acceptors (Lipinski definition) is 4. The Hall–Kier alpha value is -1.34. The molecule has 1 atom stereocenters. The molecule has 0 aromatic carbocycles. The van der Waals surface area contributed by atoms with E-state index in [2.05, 4.69) is 9.88 Å². The van der Waals surface area contributed by atoms with E-state index in [1.54, 1.807) is 4.90 Å². The van der Waals surface area contributed by atoms with Crippen molar-refractivity contribution in [3.05, 3.63) is 23.9 Å². The number of pyridine rings is 1. The van der Waals surface area contributed by atoms with E-state index in [1.165, 1.54) is 12.6 Å². The molecule has 4 nitrogen and oxygen atoms in total. The fourth-order valence-corrected chi connectivity index (χ4v) is 3.48. The Kier molecular flexibility index (Phi) is 4.51. The number of piperidine rings is 1. The van der Waals surface area contributed by atoms with Crippen molar-refractivity contribution in [3.63, 3.8) is 0 Å². The van der Waals surface area contributed by atoms with Crippen LogP contribution in [0.1, 0.15) is 31.2 Å². The molecule has 2 aliphatic rings. The molecule has 23 heavy (non-hydrogen) atoms. The summed E-state index contributed by atoms with van der Waals surface area (Å²) in [5.41, 5.74) is -1.57. The lowest BCUT2D eigenvalue weighted by atomic mass is 10.0. The zero-order valence-electron chi connectivity index (χ0n) is 13.0. The highest BCUT2D eigenvalue weighted by atomic mass is 19.4. The van der Waals surface area contributed by atoms with Gasteiger partial charge in [-0.15, -0.1) is 0 Å². The zero-order chi connectivity index (χ0) is 16.5. The van der Waals surface area contributed by atoms with E-state index in [1.807, 2.05) is 0 Å². The van der Waals surface area contributed by atoms with Gasteiger partial charge >= 0.3 is 6.18 Å². The van der Waals surface area contributed by atoms with Crippen LogP contribution in [0.15, 0.2) is 18.3 Å². The van der Waals surface area contributed by atoms with Gasteiger partial charge in [0, 0.05) is 25.8 Å². The molecule has 1 aromatic rings. The van der Waals surface area contributed by atoms with Gasteiger partial charge in [-0.05, 0) is 44.5 Å². The zero-order valence-corrected chi connectivity index (χ0v) is 13.0. The lowest BCUT2D eigenvalue weighted by Crippen LogP contribution is -2.46. The molecule has 3 rings (SSSR count). The van der Waals surface area contributed by atoms with E-state index in [0.717, 1.165) is 38.1 Å². The van der Waals surface area contributed by atoms with Crippen LogP contribution in [0, 0.1) is 0 Å². The quantitative estimate of drug-likeness (QED) is 0.925. The van der Waals surface area contributed by atoms with E-state index >= 15 is 0 Å². The molecule has 2 fully saturated rings. The summed E-state index contributed by atoms with van der Waals surface area (Å²) in [7, 11) is 0. The number of β-amino-alcohol motifs (C(OH)–C–C–N with tert-alkyl or cyclic N) is 1. The first-order chi connectivity index (χ1) is 10.9. The van der Waals surface area contributed by atoms with Crippen LogP contribution in [0.25, 0.3) is 0 Å². The fourth-order valence-electron chi connectivity index (χ4n) is 3.48. The monoisotopic (exact) mass is 329 g/mol. The molecular weight excluding hydrogens is 307 g/mol. The molecule has 3 heterocycles. The van der Waals surface area contributed by atoms with Crippen LogP contribution in [-0.2, 0) is 6.18 Å². The molecule has 2 saturated heterocycles. The van der Waals surface area contributed by atoms with Gasteiger partial charge in [0.2, 0.25) is 0 Å². The standard InChI is InChI=1S/C16H22F3N3O/c17-16(18,19)13-4-6-20-14(10-13)22-9-5-15(23,12-22)11-21-7-2-1-3-8-21/h4,6,10,23H,1-3,5,7-9,11-12H2/t15-/m0/s1. The molecule has 1 aromatic heterocycles. The minimum absolute atomic E-state index is 0.286. The summed E-state index contributed by atoms with van der Waals surface area (Å²) in [6.45, 7) is 3.42. The first-order valence-corrected chi connectivity index (χ1v) is 8.09. The summed E-state index contributed by atoms with van der Waals surface area (Å²) < 4.78 is 38.4. The predicted molar refractivity (Wildman–Crippen MR) is 81.3 cm³/mol. The Labute approximate surface area is 133 Å². The molecular formula is C16H22F3N3O. The lowest BCUT2D eigenvalue weighted by molar-refractivity contribution is -0.137. The third kappa shape index (κ3) is 3.95. The number of hydrogen-bond donors (Lipinski definition) is 1. The third-order valence-corrected chi connectivity index (χ3v) is 4.70. The van der Waals surface area contributed by atoms with Crippen molar-refractivity contribution in [2.24, 2.45) is 0 Å². The number of anilines is 1. The lowest BCUT2D eigenvalue weighted by Gasteiger charge is -2.33. The topological polar surface area (TPSA) is 39.6 Å². The van der Waals surface area contributed by atoms with Crippen molar-refractivity contribution >= 4 is 5.82 Å². The highest BCUT2D eigenvalue weighted by Gasteiger charge is 2.39. The second-order valence-electron chi connectivity index (χ2n) is 6.63. The van der Waals surface area contributed by atoms with Crippen molar-refractivity contribution in [1.82, 2.24) is 9.88 Å². The summed E-state index contributed by atoms with van der Waals surface area (Å²) in [4.78, 5) is 8.05. The normalized spacial score (nSPS) is 26.7. The van der Waals surface area contributed by atoms with Gasteiger partial charge in [-0.25, -0.2) is 4.98 Å². The maximum atomic E-state index is 12.8. The van der Waals surface area contributed by atoms with Crippen molar-refractivity contribution in [1.29, 1.82) is 0 Å². The van der Waals surface area contributed by atoms with Gasteiger partial charge in [0.1, 0.15) is 5.82 Å². The molecule has 1 N–H and O–H groups in total. The molecule has 0 spiro atoms. The second kappa shape index (κ2) is 6.28. The van der Waals surface area contributed by atoms with Gasteiger partial charge in [0.05, 0.1) is 11.2 Å². The highest BCUT2D eigenvalue weighted by molar-refractivity contribution is 5.43. The number of halogens is 3. The fraction of sp³-hybridized carbons (Fsp3) is 0.688. The maximum absolute atomic E-state index is 12.8. The third-order valence-electron chi connectivity index (χ3n) is 4.70.